The van der Waals surface area contributed by atoms with Gasteiger partial charge in [-0.05, 0) is 49.4 Å². The van der Waals surface area contributed by atoms with Crippen molar-refractivity contribution in [3.63, 3.8) is 0 Å². The van der Waals surface area contributed by atoms with Gasteiger partial charge in [-0.15, -0.1) is 0 Å². The van der Waals surface area contributed by atoms with Gasteiger partial charge in [0.05, 0.1) is 0 Å². The molecule has 0 aromatic heterocycles. The van der Waals surface area contributed by atoms with Gasteiger partial charge < -0.3 is 9.47 Å². The fourth-order valence-corrected chi connectivity index (χ4v) is 1.89. The Kier molecular flexibility index (Phi) is 6.06. The maximum atomic E-state index is 5.59. The number of methoxy groups -OCH3 is 1. The van der Waals surface area contributed by atoms with Gasteiger partial charge in [-0.3, -0.25) is 0 Å². The third-order valence-corrected chi connectivity index (χ3v) is 3.08. The maximum absolute atomic E-state index is 5.59. The van der Waals surface area contributed by atoms with Crippen LogP contribution in [-0.2, 0) is 11.2 Å². The zero-order chi connectivity index (χ0) is 12.7. The van der Waals surface area contributed by atoms with E-state index < -0.39 is 0 Å². The highest BCUT2D eigenvalue weighted by Gasteiger charge is 2.05. The molecule has 0 radical (unpaired) electrons. The van der Waals surface area contributed by atoms with Crippen molar-refractivity contribution in [2.24, 2.45) is 0 Å². The Morgan fingerprint density at radius 3 is 2.53 bits per heavy atom. The van der Waals surface area contributed by atoms with Gasteiger partial charge in [-0.1, -0.05) is 25.8 Å². The molecule has 2 nitrogen and oxygen atoms in total. The minimum Gasteiger partial charge on any atom is -0.467 e. The largest absolute Gasteiger partial charge is 0.467 e. The minimum atomic E-state index is 0.318. The van der Waals surface area contributed by atoms with Crippen LogP contribution in [0.5, 0.6) is 5.75 Å². The average molecular weight is 236 g/mol. The van der Waals surface area contributed by atoms with Crippen molar-refractivity contribution >= 4 is 0 Å². The van der Waals surface area contributed by atoms with Gasteiger partial charge in [0.2, 0.25) is 0 Å². The molecule has 0 fully saturated rings. The van der Waals surface area contributed by atoms with Crippen LogP contribution in [0.3, 0.4) is 0 Å². The Morgan fingerprint density at radius 2 is 1.88 bits per heavy atom. The van der Waals surface area contributed by atoms with E-state index in [1.165, 1.54) is 36.0 Å². The molecule has 0 amide bonds. The van der Waals surface area contributed by atoms with Crippen LogP contribution in [-0.4, -0.2) is 13.9 Å². The van der Waals surface area contributed by atoms with E-state index in [1.807, 2.05) is 0 Å². The molecule has 0 unspecified atom stereocenters. The molecule has 1 aromatic rings. The molecule has 0 aliphatic carbocycles. The van der Waals surface area contributed by atoms with Crippen LogP contribution < -0.4 is 4.74 Å². The summed E-state index contributed by atoms with van der Waals surface area (Å²) in [5.41, 5.74) is 3.87. The summed E-state index contributed by atoms with van der Waals surface area (Å²) in [6.07, 6.45) is 4.94. The summed E-state index contributed by atoms with van der Waals surface area (Å²) in [6.45, 7) is 6.78. The first-order chi connectivity index (χ1) is 8.19. The van der Waals surface area contributed by atoms with Crippen LogP contribution in [0.25, 0.3) is 0 Å². The summed E-state index contributed by atoms with van der Waals surface area (Å²) in [7, 11) is 1.65. The smallest absolute Gasteiger partial charge is 0.188 e. The van der Waals surface area contributed by atoms with E-state index in [4.69, 9.17) is 9.47 Å². The normalized spacial score (nSPS) is 10.6. The highest BCUT2D eigenvalue weighted by molar-refractivity contribution is 5.42. The fraction of sp³-hybridized carbons (Fsp3) is 0.600. The number of benzene rings is 1. The van der Waals surface area contributed by atoms with Gasteiger partial charge >= 0.3 is 0 Å². The molecule has 0 spiro atoms. The topological polar surface area (TPSA) is 18.5 Å². The Bertz CT molecular complexity index is 345. The fourth-order valence-electron chi connectivity index (χ4n) is 1.89. The molecule has 0 aliphatic heterocycles. The SMILES string of the molecule is CCCCCc1cc(C)c(C)c(OCOC)c1. The van der Waals surface area contributed by atoms with E-state index in [0.29, 0.717) is 6.79 Å². The molecule has 0 bridgehead atoms. The molecule has 96 valence electrons. The lowest BCUT2D eigenvalue weighted by atomic mass is 10.0. The predicted octanol–water partition coefficient (Wildman–Crippen LogP) is 4.02. The highest BCUT2D eigenvalue weighted by Crippen LogP contribution is 2.24. The Balaban J connectivity index is 2.74. The molecule has 0 aliphatic rings. The number of hydrogen-bond donors (Lipinski definition) is 0. The van der Waals surface area contributed by atoms with Crippen molar-refractivity contribution in [2.45, 2.75) is 46.5 Å². The first-order valence-electron chi connectivity index (χ1n) is 6.41. The van der Waals surface area contributed by atoms with Crippen LogP contribution >= 0.6 is 0 Å². The monoisotopic (exact) mass is 236 g/mol. The third kappa shape index (κ3) is 4.39. The van der Waals surface area contributed by atoms with E-state index in [9.17, 15) is 0 Å². The summed E-state index contributed by atoms with van der Waals surface area (Å²) in [6, 6.07) is 4.42. The third-order valence-electron chi connectivity index (χ3n) is 3.08. The van der Waals surface area contributed by atoms with Crippen molar-refractivity contribution in [2.75, 3.05) is 13.9 Å². The second-order valence-electron chi connectivity index (χ2n) is 4.54. The van der Waals surface area contributed by atoms with Gasteiger partial charge in [0, 0.05) is 7.11 Å². The maximum Gasteiger partial charge on any atom is 0.188 e. The zero-order valence-electron chi connectivity index (χ0n) is 11.5. The van der Waals surface area contributed by atoms with Gasteiger partial charge in [0.15, 0.2) is 6.79 Å². The molecule has 0 N–H and O–H groups in total. The predicted molar refractivity (Wildman–Crippen MR) is 71.6 cm³/mol. The quantitative estimate of drug-likeness (QED) is 0.526. The minimum absolute atomic E-state index is 0.318. The first kappa shape index (κ1) is 14.0. The standard InChI is InChI=1S/C15H24O2/c1-5-6-7-8-14-9-12(2)13(3)15(10-14)17-11-16-4/h9-10H,5-8,11H2,1-4H3. The highest BCUT2D eigenvalue weighted by atomic mass is 16.7. The lowest BCUT2D eigenvalue weighted by molar-refractivity contribution is 0.0505. The van der Waals surface area contributed by atoms with Gasteiger partial charge in [-0.2, -0.15) is 0 Å². The lowest BCUT2D eigenvalue weighted by Gasteiger charge is -2.13. The first-order valence-corrected chi connectivity index (χ1v) is 6.41. The number of hydrogen-bond acceptors (Lipinski definition) is 2. The summed E-state index contributed by atoms with van der Waals surface area (Å²) in [4.78, 5) is 0. The van der Waals surface area contributed by atoms with E-state index in [-0.39, 0.29) is 0 Å². The van der Waals surface area contributed by atoms with E-state index in [0.717, 1.165) is 12.2 Å². The summed E-state index contributed by atoms with van der Waals surface area (Å²) >= 11 is 0. The second-order valence-corrected chi connectivity index (χ2v) is 4.54. The number of unbranched alkanes of at least 4 members (excludes halogenated alkanes) is 2. The molecule has 0 saturated heterocycles. The van der Waals surface area contributed by atoms with Crippen LogP contribution in [0.15, 0.2) is 12.1 Å². The van der Waals surface area contributed by atoms with Gasteiger partial charge in [0.1, 0.15) is 5.75 Å². The van der Waals surface area contributed by atoms with Crippen LogP contribution in [0.2, 0.25) is 0 Å². The summed E-state index contributed by atoms with van der Waals surface area (Å²) in [5, 5.41) is 0. The molecular weight excluding hydrogens is 212 g/mol. The molecule has 2 heteroatoms. The number of rotatable bonds is 7. The van der Waals surface area contributed by atoms with E-state index in [1.54, 1.807) is 7.11 Å². The summed E-state index contributed by atoms with van der Waals surface area (Å²) in [5.74, 6) is 0.957. The lowest BCUT2D eigenvalue weighted by Crippen LogP contribution is -2.02. The van der Waals surface area contributed by atoms with E-state index >= 15 is 0 Å². The van der Waals surface area contributed by atoms with Gasteiger partial charge in [-0.25, -0.2) is 0 Å². The zero-order valence-corrected chi connectivity index (χ0v) is 11.5. The van der Waals surface area contributed by atoms with Crippen molar-refractivity contribution in [1.82, 2.24) is 0 Å². The van der Waals surface area contributed by atoms with Crippen molar-refractivity contribution < 1.29 is 9.47 Å². The van der Waals surface area contributed by atoms with Crippen molar-refractivity contribution in [1.29, 1.82) is 0 Å². The van der Waals surface area contributed by atoms with Crippen LogP contribution in [0.4, 0.5) is 0 Å². The number of ether oxygens (including phenoxy) is 2. The Hall–Kier alpha value is -1.02. The molecule has 17 heavy (non-hydrogen) atoms. The molecule has 1 rings (SSSR count). The Labute approximate surface area is 105 Å². The van der Waals surface area contributed by atoms with Crippen molar-refractivity contribution in [3.8, 4) is 5.75 Å². The van der Waals surface area contributed by atoms with Crippen molar-refractivity contribution in [3.05, 3.63) is 28.8 Å². The summed E-state index contributed by atoms with van der Waals surface area (Å²) < 4.78 is 10.5. The second kappa shape index (κ2) is 7.33. The number of aryl methyl sites for hydroxylation is 2. The van der Waals surface area contributed by atoms with Gasteiger partial charge in [0.25, 0.3) is 0 Å². The van der Waals surface area contributed by atoms with Crippen LogP contribution in [0.1, 0.15) is 42.9 Å². The Morgan fingerprint density at radius 1 is 1.12 bits per heavy atom. The average Bonchev–Trinajstić information content (AvgIpc) is 2.32. The van der Waals surface area contributed by atoms with E-state index in [2.05, 4.69) is 32.9 Å². The molecule has 0 saturated carbocycles. The molecule has 0 atom stereocenters. The van der Waals surface area contributed by atoms with Crippen LogP contribution in [0, 0.1) is 13.8 Å². The molecular formula is C15H24O2. The molecule has 0 heterocycles. The molecule has 1 aromatic carbocycles.